The van der Waals surface area contributed by atoms with Crippen LogP contribution in [0.4, 0.5) is 0 Å². The Hall–Kier alpha value is -2.27. The van der Waals surface area contributed by atoms with Crippen molar-refractivity contribution in [3.8, 4) is 0 Å². The van der Waals surface area contributed by atoms with Crippen LogP contribution < -0.4 is 5.32 Å². The minimum atomic E-state index is 0.637. The Bertz CT molecular complexity index is 678. The van der Waals surface area contributed by atoms with E-state index in [0.717, 1.165) is 25.7 Å². The third-order valence-corrected chi connectivity index (χ3v) is 4.13. The van der Waals surface area contributed by atoms with Crippen molar-refractivity contribution in [1.82, 2.24) is 14.8 Å². The molecule has 0 saturated carbocycles. The van der Waals surface area contributed by atoms with Crippen LogP contribution in [-0.2, 0) is 31.5 Å². The summed E-state index contributed by atoms with van der Waals surface area (Å²) in [7, 11) is 4.14. The molecule has 25 heavy (non-hydrogen) atoms. The van der Waals surface area contributed by atoms with E-state index in [1.807, 2.05) is 13.0 Å². The zero-order valence-corrected chi connectivity index (χ0v) is 15.8. The van der Waals surface area contributed by atoms with Crippen LogP contribution in [0.15, 0.2) is 47.6 Å². The van der Waals surface area contributed by atoms with Crippen molar-refractivity contribution in [2.24, 2.45) is 12.0 Å². The van der Waals surface area contributed by atoms with Crippen LogP contribution in [0.3, 0.4) is 0 Å². The maximum atomic E-state index is 5.57. The second kappa shape index (κ2) is 9.89. The summed E-state index contributed by atoms with van der Waals surface area (Å²) < 4.78 is 7.70. The van der Waals surface area contributed by atoms with E-state index < -0.39 is 0 Å². The Morgan fingerprint density at radius 2 is 1.92 bits per heavy atom. The summed E-state index contributed by atoms with van der Waals surface area (Å²) >= 11 is 0. The highest BCUT2D eigenvalue weighted by Gasteiger charge is 2.09. The molecule has 5 nitrogen and oxygen atoms in total. The van der Waals surface area contributed by atoms with Gasteiger partial charge in [-0.3, -0.25) is 0 Å². The number of benzene rings is 1. The Morgan fingerprint density at radius 1 is 1.16 bits per heavy atom. The SMILES string of the molecule is CCNC(=NCc1ccccc1COCC)N(C)Cc1cccn1C. The Kier molecular flexibility index (Phi) is 7.54. The number of hydrogen-bond donors (Lipinski definition) is 1. The van der Waals surface area contributed by atoms with E-state index in [9.17, 15) is 0 Å². The highest BCUT2D eigenvalue weighted by Crippen LogP contribution is 2.12. The average Bonchev–Trinajstić information content (AvgIpc) is 3.02. The lowest BCUT2D eigenvalue weighted by molar-refractivity contribution is 0.133. The van der Waals surface area contributed by atoms with Gasteiger partial charge in [0, 0.05) is 39.1 Å². The molecule has 0 fully saturated rings. The highest BCUT2D eigenvalue weighted by atomic mass is 16.5. The molecule has 0 saturated heterocycles. The van der Waals surface area contributed by atoms with Crippen molar-refractivity contribution in [1.29, 1.82) is 0 Å². The number of nitrogens with zero attached hydrogens (tertiary/aromatic N) is 3. The number of ether oxygens (including phenoxy) is 1. The van der Waals surface area contributed by atoms with Gasteiger partial charge in [0.2, 0.25) is 0 Å². The van der Waals surface area contributed by atoms with Crippen LogP contribution in [0.2, 0.25) is 0 Å². The minimum Gasteiger partial charge on any atom is -0.377 e. The molecular weight excluding hydrogens is 312 g/mol. The molecule has 1 heterocycles. The van der Waals surface area contributed by atoms with Crippen LogP contribution in [0.5, 0.6) is 0 Å². The third kappa shape index (κ3) is 5.64. The normalized spacial score (nSPS) is 11.6. The molecule has 2 rings (SSSR count). The molecule has 0 atom stereocenters. The lowest BCUT2D eigenvalue weighted by atomic mass is 10.1. The molecule has 136 valence electrons. The van der Waals surface area contributed by atoms with Gasteiger partial charge in [0.25, 0.3) is 0 Å². The Balaban J connectivity index is 2.10. The summed E-state index contributed by atoms with van der Waals surface area (Å²) in [4.78, 5) is 6.99. The number of hydrogen-bond acceptors (Lipinski definition) is 2. The summed E-state index contributed by atoms with van der Waals surface area (Å²) in [5.74, 6) is 0.912. The number of aryl methyl sites for hydroxylation is 1. The molecule has 0 aliphatic carbocycles. The molecule has 0 unspecified atom stereocenters. The first-order chi connectivity index (χ1) is 12.2. The molecule has 0 bridgehead atoms. The molecule has 0 aliphatic rings. The first kappa shape index (κ1) is 19.1. The molecule has 5 heteroatoms. The van der Waals surface area contributed by atoms with Gasteiger partial charge in [0.1, 0.15) is 0 Å². The molecule has 1 aromatic carbocycles. The first-order valence-electron chi connectivity index (χ1n) is 8.89. The fraction of sp³-hybridized carbons (Fsp3) is 0.450. The summed E-state index contributed by atoms with van der Waals surface area (Å²) in [5, 5.41) is 3.38. The minimum absolute atomic E-state index is 0.637. The van der Waals surface area contributed by atoms with E-state index in [4.69, 9.17) is 9.73 Å². The summed E-state index contributed by atoms with van der Waals surface area (Å²) in [5.41, 5.74) is 3.66. The quantitative estimate of drug-likeness (QED) is 0.592. The zero-order chi connectivity index (χ0) is 18.1. The van der Waals surface area contributed by atoms with E-state index in [2.05, 4.69) is 72.3 Å². The van der Waals surface area contributed by atoms with Crippen molar-refractivity contribution < 1.29 is 4.74 Å². The van der Waals surface area contributed by atoms with E-state index in [0.29, 0.717) is 13.2 Å². The molecule has 1 aromatic heterocycles. The topological polar surface area (TPSA) is 41.8 Å². The zero-order valence-electron chi connectivity index (χ0n) is 15.8. The van der Waals surface area contributed by atoms with E-state index in [1.54, 1.807) is 0 Å². The summed E-state index contributed by atoms with van der Waals surface area (Å²) in [6.45, 7) is 7.77. The van der Waals surface area contributed by atoms with Gasteiger partial charge >= 0.3 is 0 Å². The maximum absolute atomic E-state index is 5.57. The van der Waals surface area contributed by atoms with Crippen LogP contribution in [-0.4, -0.2) is 35.6 Å². The van der Waals surface area contributed by atoms with Crippen LogP contribution >= 0.6 is 0 Å². The second-order valence-electron chi connectivity index (χ2n) is 6.04. The molecule has 0 radical (unpaired) electrons. The van der Waals surface area contributed by atoms with E-state index in [-0.39, 0.29) is 0 Å². The third-order valence-electron chi connectivity index (χ3n) is 4.13. The average molecular weight is 342 g/mol. The van der Waals surface area contributed by atoms with Crippen molar-refractivity contribution in [2.45, 2.75) is 33.5 Å². The lowest BCUT2D eigenvalue weighted by Crippen LogP contribution is -2.38. The van der Waals surface area contributed by atoms with E-state index in [1.165, 1.54) is 16.8 Å². The van der Waals surface area contributed by atoms with Crippen molar-refractivity contribution >= 4 is 5.96 Å². The monoisotopic (exact) mass is 342 g/mol. The maximum Gasteiger partial charge on any atom is 0.194 e. The highest BCUT2D eigenvalue weighted by molar-refractivity contribution is 5.79. The molecular formula is C20H30N4O. The van der Waals surface area contributed by atoms with Crippen molar-refractivity contribution in [2.75, 3.05) is 20.2 Å². The largest absolute Gasteiger partial charge is 0.377 e. The molecule has 0 spiro atoms. The molecule has 2 aromatic rings. The molecule has 0 amide bonds. The van der Waals surface area contributed by atoms with Gasteiger partial charge in [0.15, 0.2) is 5.96 Å². The number of aromatic nitrogens is 1. The Labute approximate surface area is 151 Å². The van der Waals surface area contributed by atoms with Gasteiger partial charge in [-0.05, 0) is 37.1 Å². The summed E-state index contributed by atoms with van der Waals surface area (Å²) in [6.07, 6.45) is 2.07. The van der Waals surface area contributed by atoms with Crippen molar-refractivity contribution in [3.63, 3.8) is 0 Å². The van der Waals surface area contributed by atoms with Gasteiger partial charge in [-0.2, -0.15) is 0 Å². The van der Waals surface area contributed by atoms with Crippen LogP contribution in [0.25, 0.3) is 0 Å². The predicted octanol–water partition coefficient (Wildman–Crippen LogP) is 3.16. The second-order valence-corrected chi connectivity index (χ2v) is 6.04. The Morgan fingerprint density at radius 3 is 2.56 bits per heavy atom. The van der Waals surface area contributed by atoms with Crippen LogP contribution in [0, 0.1) is 0 Å². The van der Waals surface area contributed by atoms with E-state index >= 15 is 0 Å². The fourth-order valence-corrected chi connectivity index (χ4v) is 2.67. The van der Waals surface area contributed by atoms with Gasteiger partial charge < -0.3 is 19.5 Å². The number of aliphatic imine (C=N–C) groups is 1. The number of nitrogens with one attached hydrogen (secondary N) is 1. The van der Waals surface area contributed by atoms with Gasteiger partial charge in [-0.1, -0.05) is 24.3 Å². The summed E-state index contributed by atoms with van der Waals surface area (Å²) in [6, 6.07) is 12.5. The van der Waals surface area contributed by atoms with Gasteiger partial charge in [-0.25, -0.2) is 4.99 Å². The lowest BCUT2D eigenvalue weighted by Gasteiger charge is -2.22. The van der Waals surface area contributed by atoms with Gasteiger partial charge in [-0.15, -0.1) is 0 Å². The first-order valence-corrected chi connectivity index (χ1v) is 8.89. The van der Waals surface area contributed by atoms with Crippen LogP contribution in [0.1, 0.15) is 30.7 Å². The molecule has 1 N–H and O–H groups in total. The smallest absolute Gasteiger partial charge is 0.194 e. The number of guanidine groups is 1. The fourth-order valence-electron chi connectivity index (χ4n) is 2.67. The van der Waals surface area contributed by atoms with Crippen molar-refractivity contribution in [3.05, 3.63) is 59.4 Å². The predicted molar refractivity (Wildman–Crippen MR) is 103 cm³/mol. The van der Waals surface area contributed by atoms with Gasteiger partial charge in [0.05, 0.1) is 19.7 Å². The molecule has 0 aliphatic heterocycles. The number of rotatable bonds is 8. The standard InChI is InChI=1S/C20H30N4O/c1-5-21-20(24(4)15-19-12-9-13-23(19)3)22-14-17-10-7-8-11-18(17)16-25-6-2/h7-13H,5-6,14-16H2,1-4H3,(H,21,22).